The van der Waals surface area contributed by atoms with Crippen molar-refractivity contribution in [1.29, 1.82) is 0 Å². The van der Waals surface area contributed by atoms with Crippen LogP contribution in [0.2, 0.25) is 0 Å². The van der Waals surface area contributed by atoms with Crippen molar-refractivity contribution in [3.8, 4) is 0 Å². The molecule has 14 heavy (non-hydrogen) atoms. The van der Waals surface area contributed by atoms with Gasteiger partial charge in [0.05, 0.1) is 0 Å². The zero-order chi connectivity index (χ0) is 10.4. The van der Waals surface area contributed by atoms with Gasteiger partial charge in [-0.05, 0) is 19.3 Å². The highest BCUT2D eigenvalue weighted by Gasteiger charge is 2.25. The minimum absolute atomic E-state index is 0.110. The fourth-order valence-corrected chi connectivity index (χ4v) is 2.04. The van der Waals surface area contributed by atoms with Gasteiger partial charge >= 0.3 is 0 Å². The lowest BCUT2D eigenvalue weighted by molar-refractivity contribution is -0.138. The number of amides is 1. The van der Waals surface area contributed by atoms with E-state index in [4.69, 9.17) is 5.11 Å². The van der Waals surface area contributed by atoms with E-state index in [2.05, 4.69) is 6.92 Å². The van der Waals surface area contributed by atoms with Crippen molar-refractivity contribution in [3.63, 3.8) is 0 Å². The van der Waals surface area contributed by atoms with Gasteiger partial charge in [0.1, 0.15) is 6.73 Å². The number of aliphatic hydroxyl groups excluding tert-OH is 1. The second-order valence-electron chi connectivity index (χ2n) is 4.08. The quantitative estimate of drug-likeness (QED) is 0.749. The Morgan fingerprint density at radius 3 is 2.93 bits per heavy atom. The fourth-order valence-electron chi connectivity index (χ4n) is 2.04. The van der Waals surface area contributed by atoms with E-state index in [-0.39, 0.29) is 18.6 Å². The lowest BCUT2D eigenvalue weighted by Gasteiger charge is -2.21. The van der Waals surface area contributed by atoms with Gasteiger partial charge in [0.2, 0.25) is 5.91 Å². The maximum absolute atomic E-state index is 11.8. The predicted molar refractivity (Wildman–Crippen MR) is 55.7 cm³/mol. The number of likely N-dealkylation sites (tertiary alicyclic amines) is 1. The Kier molecular flexibility index (Phi) is 4.94. The average molecular weight is 199 g/mol. The van der Waals surface area contributed by atoms with Crippen LogP contribution in [0.5, 0.6) is 0 Å². The van der Waals surface area contributed by atoms with Gasteiger partial charge < -0.3 is 10.0 Å². The number of unbranched alkanes of at least 4 members (excludes halogenated alkanes) is 1. The molecule has 1 atom stereocenters. The summed E-state index contributed by atoms with van der Waals surface area (Å²) in [4.78, 5) is 13.4. The van der Waals surface area contributed by atoms with E-state index < -0.39 is 0 Å². The van der Waals surface area contributed by atoms with Crippen LogP contribution in [0.15, 0.2) is 0 Å². The maximum Gasteiger partial charge on any atom is 0.227 e. The number of nitrogens with zero attached hydrogens (tertiary/aromatic N) is 1. The first kappa shape index (κ1) is 11.5. The average Bonchev–Trinajstić information content (AvgIpc) is 2.38. The van der Waals surface area contributed by atoms with Gasteiger partial charge in [-0.2, -0.15) is 0 Å². The fraction of sp³-hybridized carbons (Fsp3) is 0.909. The predicted octanol–water partition coefficient (Wildman–Crippen LogP) is 1.76. The number of carbonyl (C=O) groups is 1. The summed E-state index contributed by atoms with van der Waals surface area (Å²) in [7, 11) is 0. The molecule has 1 amide bonds. The van der Waals surface area contributed by atoms with Crippen molar-refractivity contribution < 1.29 is 9.90 Å². The van der Waals surface area contributed by atoms with Gasteiger partial charge in [0.15, 0.2) is 0 Å². The first-order chi connectivity index (χ1) is 6.79. The van der Waals surface area contributed by atoms with Gasteiger partial charge in [-0.15, -0.1) is 0 Å². The summed E-state index contributed by atoms with van der Waals surface area (Å²) in [5, 5.41) is 9.03. The molecule has 0 spiro atoms. The Balaban J connectivity index is 2.49. The van der Waals surface area contributed by atoms with Crippen LogP contribution in [-0.2, 0) is 4.79 Å². The summed E-state index contributed by atoms with van der Waals surface area (Å²) in [5.74, 6) is 0.336. The molecule has 1 unspecified atom stereocenters. The Bertz CT molecular complexity index is 182. The summed E-state index contributed by atoms with van der Waals surface area (Å²) < 4.78 is 0. The lowest BCUT2D eigenvalue weighted by Crippen LogP contribution is -2.35. The number of rotatable bonds is 4. The number of hydrogen-bond acceptors (Lipinski definition) is 2. The Morgan fingerprint density at radius 2 is 2.29 bits per heavy atom. The van der Waals surface area contributed by atoms with Crippen LogP contribution in [0, 0.1) is 5.92 Å². The van der Waals surface area contributed by atoms with Crippen LogP contribution >= 0.6 is 0 Å². The molecule has 1 rings (SSSR count). The SMILES string of the molecule is CCCCC1CCCCN(CO)C1=O. The van der Waals surface area contributed by atoms with Crippen molar-refractivity contribution in [2.45, 2.75) is 45.4 Å². The van der Waals surface area contributed by atoms with E-state index in [9.17, 15) is 4.79 Å². The molecule has 3 nitrogen and oxygen atoms in total. The Hall–Kier alpha value is -0.570. The number of carbonyl (C=O) groups excluding carboxylic acids is 1. The molecule has 0 aliphatic carbocycles. The molecule has 0 aromatic heterocycles. The molecule has 0 aromatic carbocycles. The minimum atomic E-state index is -0.110. The second kappa shape index (κ2) is 6.02. The van der Waals surface area contributed by atoms with Crippen LogP contribution in [0.3, 0.4) is 0 Å². The summed E-state index contributed by atoms with van der Waals surface area (Å²) in [6, 6.07) is 0. The lowest BCUT2D eigenvalue weighted by atomic mass is 9.96. The summed E-state index contributed by atoms with van der Waals surface area (Å²) in [5.41, 5.74) is 0. The zero-order valence-electron chi connectivity index (χ0n) is 9.04. The van der Waals surface area contributed by atoms with Gasteiger partial charge in [-0.3, -0.25) is 4.79 Å². The molecule has 1 saturated heterocycles. The molecular weight excluding hydrogens is 178 g/mol. The van der Waals surface area contributed by atoms with E-state index in [0.29, 0.717) is 0 Å². The smallest absolute Gasteiger partial charge is 0.227 e. The second-order valence-corrected chi connectivity index (χ2v) is 4.08. The van der Waals surface area contributed by atoms with Crippen molar-refractivity contribution in [2.24, 2.45) is 5.92 Å². The molecular formula is C11H21NO2. The van der Waals surface area contributed by atoms with Crippen molar-refractivity contribution in [1.82, 2.24) is 4.90 Å². The first-order valence-corrected chi connectivity index (χ1v) is 5.69. The van der Waals surface area contributed by atoms with E-state index >= 15 is 0 Å². The molecule has 1 aliphatic rings. The highest BCUT2D eigenvalue weighted by Crippen LogP contribution is 2.22. The topological polar surface area (TPSA) is 40.5 Å². The maximum atomic E-state index is 11.8. The molecule has 1 heterocycles. The van der Waals surface area contributed by atoms with Crippen LogP contribution in [0.1, 0.15) is 45.4 Å². The van der Waals surface area contributed by atoms with E-state index in [1.54, 1.807) is 4.90 Å². The Morgan fingerprint density at radius 1 is 1.50 bits per heavy atom. The van der Waals surface area contributed by atoms with Crippen molar-refractivity contribution in [3.05, 3.63) is 0 Å². The van der Waals surface area contributed by atoms with Gasteiger partial charge in [0, 0.05) is 12.5 Å². The minimum Gasteiger partial charge on any atom is -0.376 e. The van der Waals surface area contributed by atoms with Crippen LogP contribution < -0.4 is 0 Å². The first-order valence-electron chi connectivity index (χ1n) is 5.69. The highest BCUT2D eigenvalue weighted by molar-refractivity contribution is 5.78. The largest absolute Gasteiger partial charge is 0.376 e. The molecule has 0 aromatic rings. The zero-order valence-corrected chi connectivity index (χ0v) is 9.04. The van der Waals surface area contributed by atoms with Crippen molar-refractivity contribution >= 4 is 5.91 Å². The van der Waals surface area contributed by atoms with E-state index in [1.807, 2.05) is 0 Å². The van der Waals surface area contributed by atoms with Crippen LogP contribution in [-0.4, -0.2) is 29.2 Å². The van der Waals surface area contributed by atoms with Gasteiger partial charge in [0.25, 0.3) is 0 Å². The summed E-state index contributed by atoms with van der Waals surface area (Å²) >= 11 is 0. The highest BCUT2D eigenvalue weighted by atomic mass is 16.3. The van der Waals surface area contributed by atoms with Gasteiger partial charge in [-0.25, -0.2) is 0 Å². The third-order valence-corrected chi connectivity index (χ3v) is 2.97. The van der Waals surface area contributed by atoms with Crippen LogP contribution in [0.25, 0.3) is 0 Å². The molecule has 3 heteroatoms. The Labute approximate surface area is 86.1 Å². The van der Waals surface area contributed by atoms with E-state index in [0.717, 1.165) is 45.1 Å². The molecule has 82 valence electrons. The standard InChI is InChI=1S/C11H21NO2/c1-2-3-6-10-7-4-5-8-12(9-13)11(10)14/h10,13H,2-9H2,1H3. The van der Waals surface area contributed by atoms with E-state index in [1.165, 1.54) is 0 Å². The molecule has 1 fully saturated rings. The monoisotopic (exact) mass is 199 g/mol. The summed E-state index contributed by atoms with van der Waals surface area (Å²) in [6.07, 6.45) is 6.42. The van der Waals surface area contributed by atoms with Crippen molar-refractivity contribution in [2.75, 3.05) is 13.3 Å². The molecule has 0 saturated carbocycles. The van der Waals surface area contributed by atoms with Crippen LogP contribution in [0.4, 0.5) is 0 Å². The molecule has 1 N–H and O–H groups in total. The molecule has 0 bridgehead atoms. The number of aliphatic hydroxyl groups is 1. The third kappa shape index (κ3) is 2.98. The summed E-state index contributed by atoms with van der Waals surface area (Å²) in [6.45, 7) is 2.77. The van der Waals surface area contributed by atoms with Gasteiger partial charge in [-0.1, -0.05) is 26.2 Å². The molecule has 1 aliphatic heterocycles. The normalized spacial score (nSPS) is 23.7. The molecule has 0 radical (unpaired) electrons. The third-order valence-electron chi connectivity index (χ3n) is 2.97. The number of hydrogen-bond donors (Lipinski definition) is 1.